The summed E-state index contributed by atoms with van der Waals surface area (Å²) in [4.78, 5) is 12.3. The van der Waals surface area contributed by atoms with Crippen molar-refractivity contribution in [1.82, 2.24) is 20.2 Å². The molecule has 0 fully saturated rings. The maximum Gasteiger partial charge on any atom is 0.234 e. The number of rotatable bonds is 5. The van der Waals surface area contributed by atoms with Crippen molar-refractivity contribution in [1.29, 1.82) is 0 Å². The van der Waals surface area contributed by atoms with Gasteiger partial charge >= 0.3 is 0 Å². The van der Waals surface area contributed by atoms with E-state index >= 15 is 0 Å². The van der Waals surface area contributed by atoms with Gasteiger partial charge in [-0.1, -0.05) is 36.0 Å². The maximum absolute atomic E-state index is 12.3. The number of carbonyl (C=O) groups is 1. The van der Waals surface area contributed by atoms with Gasteiger partial charge < -0.3 is 5.32 Å². The molecule has 0 aliphatic heterocycles. The molecule has 2 aromatic carbocycles. The first-order valence-corrected chi connectivity index (χ1v) is 9.29. The maximum atomic E-state index is 12.3. The second kappa shape index (κ2) is 7.70. The summed E-state index contributed by atoms with van der Waals surface area (Å²) in [5.41, 5.74) is 6.26. The summed E-state index contributed by atoms with van der Waals surface area (Å²) < 4.78 is 1.68. The molecule has 6 nitrogen and oxygen atoms in total. The topological polar surface area (TPSA) is 72.7 Å². The first-order valence-electron chi connectivity index (χ1n) is 8.31. The summed E-state index contributed by atoms with van der Waals surface area (Å²) in [5.74, 6) is 0.151. The molecule has 0 spiro atoms. The van der Waals surface area contributed by atoms with E-state index in [0.717, 1.165) is 28.1 Å². The van der Waals surface area contributed by atoms with E-state index in [-0.39, 0.29) is 11.7 Å². The fourth-order valence-corrected chi connectivity index (χ4v) is 3.27. The van der Waals surface area contributed by atoms with Crippen molar-refractivity contribution in [2.24, 2.45) is 0 Å². The Hall–Kier alpha value is -2.67. The van der Waals surface area contributed by atoms with E-state index < -0.39 is 0 Å². The van der Waals surface area contributed by atoms with Crippen LogP contribution in [0.4, 0.5) is 5.69 Å². The minimum atomic E-state index is -0.0841. The standard InChI is InChI=1S/C19H21N5OS/c1-12-7-5-9-16(14(12)3)20-18(25)11-26-19-21-22-23-24(19)17-10-6-8-13(2)15(17)4/h5-10H,11H2,1-4H3,(H,20,25). The predicted molar refractivity (Wildman–Crippen MR) is 104 cm³/mol. The average Bonchev–Trinajstić information content (AvgIpc) is 3.08. The molecule has 3 aromatic rings. The van der Waals surface area contributed by atoms with Crippen LogP contribution in [0.3, 0.4) is 0 Å². The second-order valence-corrected chi connectivity index (χ2v) is 7.12. The van der Waals surface area contributed by atoms with Crippen LogP contribution in [0.25, 0.3) is 5.69 Å². The van der Waals surface area contributed by atoms with E-state index in [1.807, 2.05) is 64.1 Å². The first kappa shape index (κ1) is 18.1. The number of amides is 1. The highest BCUT2D eigenvalue weighted by molar-refractivity contribution is 7.99. The van der Waals surface area contributed by atoms with E-state index in [1.54, 1.807) is 4.68 Å². The number of hydrogen-bond acceptors (Lipinski definition) is 5. The summed E-state index contributed by atoms with van der Waals surface area (Å²) in [6.45, 7) is 8.11. The highest BCUT2D eigenvalue weighted by Crippen LogP contribution is 2.23. The number of thioether (sulfide) groups is 1. The molecule has 1 heterocycles. The smallest absolute Gasteiger partial charge is 0.234 e. The van der Waals surface area contributed by atoms with Gasteiger partial charge in [-0.25, -0.2) is 0 Å². The fourth-order valence-electron chi connectivity index (χ4n) is 2.59. The van der Waals surface area contributed by atoms with Crippen LogP contribution in [-0.4, -0.2) is 31.9 Å². The molecule has 1 amide bonds. The van der Waals surface area contributed by atoms with Gasteiger partial charge in [-0.05, 0) is 72.5 Å². The predicted octanol–water partition coefficient (Wildman–Crippen LogP) is 3.63. The number of hydrogen-bond donors (Lipinski definition) is 1. The molecule has 0 aliphatic rings. The van der Waals surface area contributed by atoms with E-state index in [2.05, 4.69) is 20.8 Å². The van der Waals surface area contributed by atoms with Crippen LogP contribution in [0.15, 0.2) is 41.6 Å². The van der Waals surface area contributed by atoms with Gasteiger partial charge in [0.15, 0.2) is 0 Å². The van der Waals surface area contributed by atoms with E-state index in [9.17, 15) is 4.79 Å². The number of tetrazole rings is 1. The largest absolute Gasteiger partial charge is 0.325 e. The number of benzene rings is 2. The van der Waals surface area contributed by atoms with Crippen molar-refractivity contribution < 1.29 is 4.79 Å². The van der Waals surface area contributed by atoms with Gasteiger partial charge in [-0.15, -0.1) is 5.10 Å². The third kappa shape index (κ3) is 3.77. The van der Waals surface area contributed by atoms with Crippen LogP contribution in [0.5, 0.6) is 0 Å². The molecule has 0 saturated heterocycles. The second-order valence-electron chi connectivity index (χ2n) is 6.18. The zero-order valence-electron chi connectivity index (χ0n) is 15.3. The average molecular weight is 367 g/mol. The fraction of sp³-hybridized carbons (Fsp3) is 0.263. The normalized spacial score (nSPS) is 10.8. The van der Waals surface area contributed by atoms with Gasteiger partial charge in [0.1, 0.15) is 0 Å². The highest BCUT2D eigenvalue weighted by Gasteiger charge is 2.14. The van der Waals surface area contributed by atoms with Crippen molar-refractivity contribution >= 4 is 23.4 Å². The zero-order chi connectivity index (χ0) is 18.7. The Morgan fingerprint density at radius 1 is 1.04 bits per heavy atom. The van der Waals surface area contributed by atoms with Crippen molar-refractivity contribution in [3.8, 4) is 5.69 Å². The van der Waals surface area contributed by atoms with Gasteiger partial charge in [-0.3, -0.25) is 4.79 Å². The quantitative estimate of drug-likeness (QED) is 0.697. The summed E-state index contributed by atoms with van der Waals surface area (Å²) in [6, 6.07) is 11.9. The molecule has 3 rings (SSSR count). The molecule has 0 atom stereocenters. The van der Waals surface area contributed by atoms with Gasteiger partial charge in [0.05, 0.1) is 11.4 Å². The molecule has 0 radical (unpaired) electrons. The molecule has 1 aromatic heterocycles. The molecule has 26 heavy (non-hydrogen) atoms. The Labute approximate surface area is 157 Å². The van der Waals surface area contributed by atoms with Gasteiger partial charge in [0, 0.05) is 5.69 Å². The third-order valence-corrected chi connectivity index (χ3v) is 5.38. The third-order valence-electron chi connectivity index (χ3n) is 4.46. The van der Waals surface area contributed by atoms with Gasteiger partial charge in [0.25, 0.3) is 0 Å². The lowest BCUT2D eigenvalue weighted by molar-refractivity contribution is -0.113. The molecular formula is C19H21N5OS. The number of carbonyl (C=O) groups excluding carboxylic acids is 1. The number of anilines is 1. The molecule has 1 N–H and O–H groups in total. The Balaban J connectivity index is 1.71. The van der Waals surface area contributed by atoms with Crippen LogP contribution < -0.4 is 5.32 Å². The van der Waals surface area contributed by atoms with Crippen molar-refractivity contribution in [3.05, 3.63) is 58.7 Å². The van der Waals surface area contributed by atoms with Crippen molar-refractivity contribution in [2.45, 2.75) is 32.9 Å². The molecule has 7 heteroatoms. The number of aryl methyl sites for hydroxylation is 2. The minimum Gasteiger partial charge on any atom is -0.325 e. The van der Waals surface area contributed by atoms with Gasteiger partial charge in [0.2, 0.25) is 11.1 Å². The summed E-state index contributed by atoms with van der Waals surface area (Å²) in [6.07, 6.45) is 0. The number of nitrogens with one attached hydrogen (secondary N) is 1. The Morgan fingerprint density at radius 2 is 1.73 bits per heavy atom. The van der Waals surface area contributed by atoms with Crippen LogP contribution in [0.1, 0.15) is 22.3 Å². The zero-order valence-corrected chi connectivity index (χ0v) is 16.1. The molecule has 0 unspecified atom stereocenters. The van der Waals surface area contributed by atoms with Crippen LogP contribution >= 0.6 is 11.8 Å². The highest BCUT2D eigenvalue weighted by atomic mass is 32.2. The number of aromatic nitrogens is 4. The van der Waals surface area contributed by atoms with Gasteiger partial charge in [-0.2, -0.15) is 4.68 Å². The lowest BCUT2D eigenvalue weighted by Gasteiger charge is -2.11. The molecule has 0 bridgehead atoms. The molecular weight excluding hydrogens is 346 g/mol. The Kier molecular flexibility index (Phi) is 5.37. The van der Waals surface area contributed by atoms with Crippen molar-refractivity contribution in [3.63, 3.8) is 0 Å². The monoisotopic (exact) mass is 367 g/mol. The SMILES string of the molecule is Cc1cccc(NC(=O)CSc2nnnn2-c2cccc(C)c2C)c1C. The lowest BCUT2D eigenvalue weighted by Crippen LogP contribution is -2.15. The first-order chi connectivity index (χ1) is 12.5. The summed E-state index contributed by atoms with van der Waals surface area (Å²) >= 11 is 1.32. The Morgan fingerprint density at radius 3 is 2.50 bits per heavy atom. The van der Waals surface area contributed by atoms with Crippen molar-refractivity contribution in [2.75, 3.05) is 11.1 Å². The molecule has 134 valence electrons. The summed E-state index contributed by atoms with van der Waals surface area (Å²) in [5, 5.41) is 15.5. The number of nitrogens with zero attached hydrogens (tertiary/aromatic N) is 4. The molecule has 0 aliphatic carbocycles. The van der Waals surface area contributed by atoms with Crippen LogP contribution in [0.2, 0.25) is 0 Å². The minimum absolute atomic E-state index is 0.0841. The summed E-state index contributed by atoms with van der Waals surface area (Å²) in [7, 11) is 0. The van der Waals surface area contributed by atoms with Crippen LogP contribution in [0, 0.1) is 27.7 Å². The lowest BCUT2D eigenvalue weighted by atomic mass is 10.1. The van der Waals surface area contributed by atoms with Crippen LogP contribution in [-0.2, 0) is 4.79 Å². The van der Waals surface area contributed by atoms with E-state index in [0.29, 0.717) is 5.16 Å². The van der Waals surface area contributed by atoms with E-state index in [1.165, 1.54) is 17.3 Å². The molecule has 0 saturated carbocycles. The Bertz CT molecular complexity index is 951. The van der Waals surface area contributed by atoms with E-state index in [4.69, 9.17) is 0 Å².